The molecule has 0 aliphatic heterocycles. The van der Waals surface area contributed by atoms with Gasteiger partial charge < -0.3 is 5.32 Å². The van der Waals surface area contributed by atoms with E-state index in [9.17, 15) is 0 Å². The predicted molar refractivity (Wildman–Crippen MR) is 84.1 cm³/mol. The molecule has 0 radical (unpaired) electrons. The van der Waals surface area contributed by atoms with Crippen LogP contribution in [0, 0.1) is 6.92 Å². The second-order valence-electron chi connectivity index (χ2n) is 4.88. The SMILES string of the molecule is CNC(Cc1nc(C)cs1)c1cncc2ccccc12. The molecule has 0 aliphatic carbocycles. The van der Waals surface area contributed by atoms with Crippen LogP contribution in [-0.2, 0) is 6.42 Å². The number of rotatable bonds is 4. The summed E-state index contributed by atoms with van der Waals surface area (Å²) in [5.41, 5.74) is 2.33. The molecule has 102 valence electrons. The van der Waals surface area contributed by atoms with Gasteiger partial charge >= 0.3 is 0 Å². The number of nitrogens with one attached hydrogen (secondary N) is 1. The minimum absolute atomic E-state index is 0.235. The molecule has 0 saturated heterocycles. The zero-order valence-electron chi connectivity index (χ0n) is 11.6. The number of hydrogen-bond donors (Lipinski definition) is 1. The van der Waals surface area contributed by atoms with Gasteiger partial charge in [0.1, 0.15) is 0 Å². The molecule has 0 spiro atoms. The van der Waals surface area contributed by atoms with Crippen LogP contribution in [-0.4, -0.2) is 17.0 Å². The highest BCUT2D eigenvalue weighted by Gasteiger charge is 2.15. The molecule has 20 heavy (non-hydrogen) atoms. The molecule has 1 aromatic carbocycles. The summed E-state index contributed by atoms with van der Waals surface area (Å²) in [5, 5.41) is 9.10. The number of thiazole rings is 1. The normalized spacial score (nSPS) is 12.7. The van der Waals surface area contributed by atoms with Crippen LogP contribution in [0.4, 0.5) is 0 Å². The van der Waals surface area contributed by atoms with Crippen molar-refractivity contribution in [3.8, 4) is 0 Å². The molecule has 3 aromatic rings. The van der Waals surface area contributed by atoms with Crippen molar-refractivity contribution < 1.29 is 0 Å². The van der Waals surface area contributed by atoms with E-state index in [1.54, 1.807) is 11.3 Å². The average Bonchev–Trinajstić information content (AvgIpc) is 2.89. The fourth-order valence-corrected chi connectivity index (χ4v) is 3.28. The molecule has 0 aliphatic rings. The number of aromatic nitrogens is 2. The Kier molecular flexibility index (Phi) is 3.76. The lowest BCUT2D eigenvalue weighted by Gasteiger charge is -2.17. The van der Waals surface area contributed by atoms with Gasteiger partial charge in [-0.15, -0.1) is 11.3 Å². The van der Waals surface area contributed by atoms with Crippen LogP contribution in [0.3, 0.4) is 0 Å². The third-order valence-electron chi connectivity index (χ3n) is 3.47. The smallest absolute Gasteiger partial charge is 0.0947 e. The van der Waals surface area contributed by atoms with E-state index in [0.29, 0.717) is 0 Å². The quantitative estimate of drug-likeness (QED) is 0.796. The van der Waals surface area contributed by atoms with Gasteiger partial charge in [0.25, 0.3) is 0 Å². The van der Waals surface area contributed by atoms with Crippen molar-refractivity contribution in [2.45, 2.75) is 19.4 Å². The van der Waals surface area contributed by atoms with E-state index in [2.05, 4.69) is 38.9 Å². The first-order valence-electron chi connectivity index (χ1n) is 6.69. The monoisotopic (exact) mass is 283 g/mol. The van der Waals surface area contributed by atoms with Crippen molar-refractivity contribution in [1.82, 2.24) is 15.3 Å². The lowest BCUT2D eigenvalue weighted by molar-refractivity contribution is 0.592. The summed E-state index contributed by atoms with van der Waals surface area (Å²) >= 11 is 1.72. The molecule has 1 unspecified atom stereocenters. The van der Waals surface area contributed by atoms with E-state index in [0.717, 1.165) is 17.1 Å². The van der Waals surface area contributed by atoms with Gasteiger partial charge in [-0.05, 0) is 24.9 Å². The minimum Gasteiger partial charge on any atom is -0.313 e. The second-order valence-corrected chi connectivity index (χ2v) is 5.82. The number of aryl methyl sites for hydroxylation is 1. The van der Waals surface area contributed by atoms with Crippen molar-refractivity contribution in [3.63, 3.8) is 0 Å². The highest BCUT2D eigenvalue weighted by Crippen LogP contribution is 2.26. The molecule has 0 fully saturated rings. The van der Waals surface area contributed by atoms with Crippen LogP contribution < -0.4 is 5.32 Å². The molecule has 1 atom stereocenters. The van der Waals surface area contributed by atoms with Crippen LogP contribution >= 0.6 is 11.3 Å². The third-order valence-corrected chi connectivity index (χ3v) is 4.46. The van der Waals surface area contributed by atoms with Gasteiger partial charge in [-0.2, -0.15) is 0 Å². The van der Waals surface area contributed by atoms with E-state index in [1.807, 2.05) is 32.4 Å². The zero-order chi connectivity index (χ0) is 13.9. The van der Waals surface area contributed by atoms with E-state index in [-0.39, 0.29) is 6.04 Å². The average molecular weight is 283 g/mol. The Balaban J connectivity index is 1.98. The predicted octanol–water partition coefficient (Wildman–Crippen LogP) is 3.50. The van der Waals surface area contributed by atoms with E-state index >= 15 is 0 Å². The van der Waals surface area contributed by atoms with Gasteiger partial charge in [0.05, 0.1) is 5.01 Å². The molecule has 0 saturated carbocycles. The van der Waals surface area contributed by atoms with Crippen LogP contribution in [0.15, 0.2) is 42.0 Å². The lowest BCUT2D eigenvalue weighted by atomic mass is 10.00. The maximum Gasteiger partial charge on any atom is 0.0947 e. The number of likely N-dealkylation sites (N-methyl/N-ethyl adjacent to an activating group) is 1. The number of benzene rings is 1. The highest BCUT2D eigenvalue weighted by molar-refractivity contribution is 7.09. The van der Waals surface area contributed by atoms with Crippen LogP contribution in [0.5, 0.6) is 0 Å². The summed E-state index contributed by atoms with van der Waals surface area (Å²) in [5.74, 6) is 0. The first kappa shape index (κ1) is 13.2. The third kappa shape index (κ3) is 2.57. The minimum atomic E-state index is 0.235. The molecule has 2 heterocycles. The van der Waals surface area contributed by atoms with Crippen LogP contribution in [0.25, 0.3) is 10.8 Å². The van der Waals surface area contributed by atoms with E-state index < -0.39 is 0 Å². The molecule has 3 rings (SSSR count). The Bertz CT molecular complexity index is 715. The van der Waals surface area contributed by atoms with E-state index in [1.165, 1.54) is 16.3 Å². The summed E-state index contributed by atoms with van der Waals surface area (Å²) in [4.78, 5) is 8.93. The van der Waals surface area contributed by atoms with Gasteiger partial charge in [-0.3, -0.25) is 4.98 Å². The van der Waals surface area contributed by atoms with Crippen molar-refractivity contribution in [2.75, 3.05) is 7.05 Å². The first-order chi connectivity index (χ1) is 9.78. The number of pyridine rings is 1. The molecule has 2 aromatic heterocycles. The first-order valence-corrected chi connectivity index (χ1v) is 7.57. The molecule has 0 amide bonds. The molecule has 3 nitrogen and oxygen atoms in total. The lowest BCUT2D eigenvalue weighted by Crippen LogP contribution is -2.19. The number of nitrogens with zero attached hydrogens (tertiary/aromatic N) is 2. The van der Waals surface area contributed by atoms with Gasteiger partial charge in [0, 0.05) is 41.3 Å². The fourth-order valence-electron chi connectivity index (χ4n) is 2.46. The number of hydrogen-bond acceptors (Lipinski definition) is 4. The van der Waals surface area contributed by atoms with Gasteiger partial charge in [-0.1, -0.05) is 24.3 Å². The summed E-state index contributed by atoms with van der Waals surface area (Å²) in [6.07, 6.45) is 4.77. The highest BCUT2D eigenvalue weighted by atomic mass is 32.1. The van der Waals surface area contributed by atoms with E-state index in [4.69, 9.17) is 0 Å². The van der Waals surface area contributed by atoms with Crippen molar-refractivity contribution in [1.29, 1.82) is 0 Å². The molecule has 4 heteroatoms. The Hall–Kier alpha value is -1.78. The fraction of sp³-hybridized carbons (Fsp3) is 0.250. The van der Waals surface area contributed by atoms with Crippen molar-refractivity contribution >= 4 is 22.1 Å². The maximum absolute atomic E-state index is 4.56. The van der Waals surface area contributed by atoms with Gasteiger partial charge in [0.15, 0.2) is 0 Å². The Morgan fingerprint density at radius 3 is 2.85 bits per heavy atom. The zero-order valence-corrected chi connectivity index (χ0v) is 12.4. The van der Waals surface area contributed by atoms with Crippen molar-refractivity contribution in [2.24, 2.45) is 0 Å². The van der Waals surface area contributed by atoms with Crippen molar-refractivity contribution in [3.05, 3.63) is 58.3 Å². The standard InChI is InChI=1S/C16H17N3S/c1-11-10-20-16(19-11)7-15(17-2)14-9-18-8-12-5-3-4-6-13(12)14/h3-6,8-10,15,17H,7H2,1-2H3. The molecule has 0 bridgehead atoms. The topological polar surface area (TPSA) is 37.8 Å². The Morgan fingerprint density at radius 1 is 1.25 bits per heavy atom. The molecule has 1 N–H and O–H groups in total. The molecular formula is C16H17N3S. The summed E-state index contributed by atoms with van der Waals surface area (Å²) in [7, 11) is 1.99. The Morgan fingerprint density at radius 2 is 2.10 bits per heavy atom. The number of fused-ring (bicyclic) bond motifs is 1. The molecular weight excluding hydrogens is 266 g/mol. The van der Waals surface area contributed by atoms with Crippen LogP contribution in [0.1, 0.15) is 22.3 Å². The maximum atomic E-state index is 4.56. The summed E-state index contributed by atoms with van der Waals surface area (Å²) in [6, 6.07) is 8.62. The Labute approximate surface area is 122 Å². The second kappa shape index (κ2) is 5.69. The summed E-state index contributed by atoms with van der Waals surface area (Å²) in [6.45, 7) is 2.04. The van der Waals surface area contributed by atoms with Gasteiger partial charge in [0.2, 0.25) is 0 Å². The summed E-state index contributed by atoms with van der Waals surface area (Å²) < 4.78 is 0. The largest absolute Gasteiger partial charge is 0.313 e. The van der Waals surface area contributed by atoms with Crippen LogP contribution in [0.2, 0.25) is 0 Å². The van der Waals surface area contributed by atoms with Gasteiger partial charge in [-0.25, -0.2) is 4.98 Å².